The molecule has 1 aromatic carbocycles. The molecule has 0 atom stereocenters. The summed E-state index contributed by atoms with van der Waals surface area (Å²) in [5.74, 6) is -1.11. The number of hydrogen-bond acceptors (Lipinski definition) is 4. The molecule has 0 saturated heterocycles. The van der Waals surface area contributed by atoms with E-state index in [9.17, 15) is 15.0 Å². The molecule has 2 aromatic rings. The van der Waals surface area contributed by atoms with Gasteiger partial charge in [0.05, 0.1) is 5.02 Å². The summed E-state index contributed by atoms with van der Waals surface area (Å²) in [5.41, 5.74) is 5.61. The number of furan rings is 1. The number of hydrogen-bond donors (Lipinski definition) is 3. The second kappa shape index (κ2) is 4.15. The molecule has 2 rings (SSSR count). The average Bonchev–Trinajstić information content (AvgIpc) is 2.53. The second-order valence-corrected chi connectivity index (χ2v) is 5.42. The molecule has 4 N–H and O–H groups in total. The van der Waals surface area contributed by atoms with Crippen LogP contribution in [-0.2, 0) is 5.54 Å². The van der Waals surface area contributed by atoms with Gasteiger partial charge >= 0.3 is 5.97 Å². The predicted octanol–water partition coefficient (Wildman–Crippen LogP) is 2.99. The minimum absolute atomic E-state index is 0.00417. The van der Waals surface area contributed by atoms with E-state index in [2.05, 4.69) is 0 Å². The third kappa shape index (κ3) is 2.05. The van der Waals surface area contributed by atoms with Crippen LogP contribution in [0.25, 0.3) is 11.0 Å². The minimum atomic E-state index is -1.14. The first-order valence-electron chi connectivity index (χ1n) is 5.61. The van der Waals surface area contributed by atoms with Crippen LogP contribution in [-0.4, -0.2) is 16.2 Å². The normalized spacial score (nSPS) is 12.1. The van der Waals surface area contributed by atoms with Crippen molar-refractivity contribution in [3.05, 3.63) is 28.0 Å². The van der Waals surface area contributed by atoms with E-state index in [1.54, 1.807) is 20.8 Å². The van der Waals surface area contributed by atoms with E-state index in [0.717, 1.165) is 0 Å². The zero-order chi connectivity index (χ0) is 14.5. The lowest BCUT2D eigenvalue weighted by Crippen LogP contribution is -2.29. The fourth-order valence-corrected chi connectivity index (χ4v) is 2.42. The van der Waals surface area contributed by atoms with Crippen molar-refractivity contribution >= 4 is 28.5 Å². The molecule has 0 aliphatic carbocycles. The number of aryl methyl sites for hydroxylation is 1. The maximum absolute atomic E-state index is 11.4. The van der Waals surface area contributed by atoms with Crippen molar-refractivity contribution in [2.45, 2.75) is 26.3 Å². The summed E-state index contributed by atoms with van der Waals surface area (Å²) in [6.07, 6.45) is 0. The number of halogens is 1. The van der Waals surface area contributed by atoms with Gasteiger partial charge in [0, 0.05) is 22.6 Å². The molecule has 0 amide bonds. The van der Waals surface area contributed by atoms with Gasteiger partial charge in [-0.3, -0.25) is 0 Å². The van der Waals surface area contributed by atoms with Crippen molar-refractivity contribution in [3.63, 3.8) is 0 Å². The van der Waals surface area contributed by atoms with Gasteiger partial charge in [-0.25, -0.2) is 4.79 Å². The Labute approximate surface area is 114 Å². The Morgan fingerprint density at radius 2 is 2.05 bits per heavy atom. The predicted molar refractivity (Wildman–Crippen MR) is 71.8 cm³/mol. The number of fused-ring (bicyclic) bond motifs is 1. The molecule has 5 nitrogen and oxygen atoms in total. The topological polar surface area (TPSA) is 96.7 Å². The zero-order valence-corrected chi connectivity index (χ0v) is 11.5. The molecule has 0 unspecified atom stereocenters. The molecule has 1 aromatic heterocycles. The Morgan fingerprint density at radius 1 is 1.47 bits per heavy atom. The van der Waals surface area contributed by atoms with Crippen molar-refractivity contribution in [2.24, 2.45) is 5.73 Å². The van der Waals surface area contributed by atoms with E-state index >= 15 is 0 Å². The van der Waals surface area contributed by atoms with Crippen LogP contribution in [0, 0.1) is 6.92 Å². The molecule has 102 valence electrons. The maximum Gasteiger partial charge on any atom is 0.339 e. The Balaban J connectivity index is 3.06. The highest BCUT2D eigenvalue weighted by Gasteiger charge is 2.30. The molecule has 0 saturated carbocycles. The van der Waals surface area contributed by atoms with Crippen molar-refractivity contribution in [3.8, 4) is 5.75 Å². The van der Waals surface area contributed by atoms with Crippen LogP contribution in [0.2, 0.25) is 5.02 Å². The monoisotopic (exact) mass is 283 g/mol. The maximum atomic E-state index is 11.4. The second-order valence-electron chi connectivity index (χ2n) is 5.02. The lowest BCUT2D eigenvalue weighted by atomic mass is 9.89. The molecule has 0 aliphatic rings. The molecule has 0 bridgehead atoms. The Bertz CT molecular complexity index is 682. The summed E-state index contributed by atoms with van der Waals surface area (Å²) in [5, 5.41) is 19.8. The Hall–Kier alpha value is -1.72. The number of aromatic hydroxyl groups is 1. The highest BCUT2D eigenvalue weighted by Crippen LogP contribution is 2.42. The van der Waals surface area contributed by atoms with Crippen LogP contribution in [0.5, 0.6) is 5.75 Å². The number of benzene rings is 1. The summed E-state index contributed by atoms with van der Waals surface area (Å²) in [6, 6.07) is 1.39. The van der Waals surface area contributed by atoms with Crippen LogP contribution in [0.3, 0.4) is 0 Å². The van der Waals surface area contributed by atoms with Crippen LogP contribution in [0.4, 0.5) is 0 Å². The number of phenols is 1. The van der Waals surface area contributed by atoms with Gasteiger partial charge in [-0.1, -0.05) is 11.6 Å². The lowest BCUT2D eigenvalue weighted by molar-refractivity contribution is 0.0697. The average molecular weight is 284 g/mol. The van der Waals surface area contributed by atoms with Crippen molar-refractivity contribution in [1.82, 2.24) is 0 Å². The number of phenolic OH excluding ortho intramolecular Hbond substituents is 1. The first-order chi connectivity index (χ1) is 8.64. The molecular weight excluding hydrogens is 270 g/mol. The molecule has 0 radical (unpaired) electrons. The largest absolute Gasteiger partial charge is 0.506 e. The van der Waals surface area contributed by atoms with Gasteiger partial charge in [-0.2, -0.15) is 0 Å². The van der Waals surface area contributed by atoms with Crippen LogP contribution in [0.1, 0.15) is 35.5 Å². The lowest BCUT2D eigenvalue weighted by Gasteiger charge is -2.22. The number of carboxylic acid groups (broad SMARTS) is 1. The van der Waals surface area contributed by atoms with Gasteiger partial charge in [0.2, 0.25) is 0 Å². The highest BCUT2D eigenvalue weighted by atomic mass is 35.5. The zero-order valence-electron chi connectivity index (χ0n) is 10.7. The molecular formula is C13H14ClNO4. The van der Waals surface area contributed by atoms with Crippen molar-refractivity contribution in [2.75, 3.05) is 0 Å². The van der Waals surface area contributed by atoms with Gasteiger partial charge in [-0.05, 0) is 20.8 Å². The number of rotatable bonds is 2. The van der Waals surface area contributed by atoms with Gasteiger partial charge in [0.15, 0.2) is 0 Å². The van der Waals surface area contributed by atoms with E-state index in [1.165, 1.54) is 6.07 Å². The molecule has 6 heteroatoms. The highest BCUT2D eigenvalue weighted by molar-refractivity contribution is 6.33. The summed E-state index contributed by atoms with van der Waals surface area (Å²) in [7, 11) is 0. The number of nitrogens with two attached hydrogens (primary N) is 1. The van der Waals surface area contributed by atoms with Crippen molar-refractivity contribution in [1.29, 1.82) is 0 Å². The van der Waals surface area contributed by atoms with Crippen LogP contribution >= 0.6 is 11.6 Å². The smallest absolute Gasteiger partial charge is 0.339 e. The minimum Gasteiger partial charge on any atom is -0.506 e. The summed E-state index contributed by atoms with van der Waals surface area (Å²) in [4.78, 5) is 11.4. The van der Waals surface area contributed by atoms with Crippen molar-refractivity contribution < 1.29 is 19.4 Å². The summed E-state index contributed by atoms with van der Waals surface area (Å²) < 4.78 is 5.40. The SMILES string of the molecule is Cc1oc2cc(Cl)c(O)c(C(C)(C)N)c2c1C(=O)O. The third-order valence-electron chi connectivity index (χ3n) is 2.94. The molecule has 0 spiro atoms. The van der Waals surface area contributed by atoms with E-state index in [4.69, 9.17) is 21.8 Å². The molecule has 19 heavy (non-hydrogen) atoms. The third-order valence-corrected chi connectivity index (χ3v) is 3.23. The fraction of sp³-hybridized carbons (Fsp3) is 0.308. The van der Waals surface area contributed by atoms with Gasteiger partial charge in [0.25, 0.3) is 0 Å². The summed E-state index contributed by atoms with van der Waals surface area (Å²) in [6.45, 7) is 4.86. The summed E-state index contributed by atoms with van der Waals surface area (Å²) >= 11 is 5.93. The van der Waals surface area contributed by atoms with E-state index in [1.807, 2.05) is 0 Å². The Kier molecular flexibility index (Phi) is 2.99. The molecule has 0 aliphatic heterocycles. The standard InChI is InChI=1S/C13H14ClNO4/c1-5-8(12(17)18)9-7(19-5)4-6(14)11(16)10(9)13(2,3)15/h4,16H,15H2,1-3H3,(H,17,18). The van der Waals surface area contributed by atoms with E-state index in [0.29, 0.717) is 11.0 Å². The number of carbonyl (C=O) groups is 1. The number of aromatic carboxylic acids is 1. The molecule has 0 fully saturated rings. The Morgan fingerprint density at radius 3 is 2.53 bits per heavy atom. The quantitative estimate of drug-likeness (QED) is 0.787. The first kappa shape index (κ1) is 13.7. The van der Waals surface area contributed by atoms with Crippen LogP contribution in [0.15, 0.2) is 10.5 Å². The van der Waals surface area contributed by atoms with Crippen LogP contribution < -0.4 is 5.73 Å². The molecule has 1 heterocycles. The fourth-order valence-electron chi connectivity index (χ4n) is 2.22. The first-order valence-corrected chi connectivity index (χ1v) is 5.99. The van der Waals surface area contributed by atoms with Gasteiger partial charge < -0.3 is 20.4 Å². The van der Waals surface area contributed by atoms with Gasteiger partial charge in [-0.15, -0.1) is 0 Å². The van der Waals surface area contributed by atoms with E-state index in [-0.39, 0.29) is 27.7 Å². The number of carboxylic acids is 1. The van der Waals surface area contributed by atoms with Gasteiger partial charge in [0.1, 0.15) is 22.7 Å². The van der Waals surface area contributed by atoms with E-state index < -0.39 is 11.5 Å².